The molecule has 2 fully saturated rings. The van der Waals surface area contributed by atoms with Crippen molar-refractivity contribution in [2.45, 2.75) is 57.7 Å². The highest BCUT2D eigenvalue weighted by molar-refractivity contribution is 4.85. The molecule has 2 rings (SSSR count). The van der Waals surface area contributed by atoms with Crippen molar-refractivity contribution >= 4 is 0 Å². The van der Waals surface area contributed by atoms with Crippen molar-refractivity contribution in [1.82, 2.24) is 5.32 Å². The molecule has 4 atom stereocenters. The van der Waals surface area contributed by atoms with Crippen LogP contribution in [-0.2, 0) is 9.47 Å². The molecule has 2 aliphatic rings. The van der Waals surface area contributed by atoms with Gasteiger partial charge in [-0.1, -0.05) is 6.92 Å². The molecular weight excluding hydrogens is 202 g/mol. The Bertz CT molecular complexity index is 198. The van der Waals surface area contributed by atoms with E-state index >= 15 is 0 Å². The smallest absolute Gasteiger partial charge is 0.0728 e. The molecule has 0 aromatic rings. The zero-order valence-electron chi connectivity index (χ0n) is 10.6. The van der Waals surface area contributed by atoms with Crippen LogP contribution in [0, 0.1) is 5.92 Å². The van der Waals surface area contributed by atoms with E-state index in [-0.39, 0.29) is 0 Å². The monoisotopic (exact) mass is 227 g/mol. The van der Waals surface area contributed by atoms with Crippen LogP contribution >= 0.6 is 0 Å². The minimum atomic E-state index is 0.440. The first kappa shape index (κ1) is 12.3. The highest BCUT2D eigenvalue weighted by atomic mass is 16.5. The third-order valence-electron chi connectivity index (χ3n) is 4.00. The lowest BCUT2D eigenvalue weighted by molar-refractivity contribution is 0.0694. The van der Waals surface area contributed by atoms with Gasteiger partial charge in [-0.2, -0.15) is 0 Å². The molecule has 0 amide bonds. The van der Waals surface area contributed by atoms with Gasteiger partial charge in [0.25, 0.3) is 0 Å². The first-order valence-electron chi connectivity index (χ1n) is 6.76. The molecule has 0 radical (unpaired) electrons. The molecule has 1 N–H and O–H groups in total. The molecule has 94 valence electrons. The summed E-state index contributed by atoms with van der Waals surface area (Å²) in [6.07, 6.45) is 5.25. The van der Waals surface area contributed by atoms with Crippen LogP contribution in [0.5, 0.6) is 0 Å². The first-order valence-corrected chi connectivity index (χ1v) is 6.76. The summed E-state index contributed by atoms with van der Waals surface area (Å²) in [5.74, 6) is 0.690. The predicted octanol–water partition coefficient (Wildman–Crippen LogP) is 1.96. The standard InChI is InChI=1S/C13H25NO2/c1-3-12(13-5-4-7-16-13)14-10(2)11-6-8-15-9-11/h10-14H,3-9H2,1-2H3. The van der Waals surface area contributed by atoms with Gasteiger partial charge in [0, 0.05) is 25.3 Å². The molecule has 4 unspecified atom stereocenters. The fraction of sp³-hybridized carbons (Fsp3) is 1.00. The Morgan fingerprint density at radius 1 is 1.31 bits per heavy atom. The van der Waals surface area contributed by atoms with Gasteiger partial charge in [-0.15, -0.1) is 0 Å². The van der Waals surface area contributed by atoms with Crippen molar-refractivity contribution in [3.8, 4) is 0 Å². The molecule has 0 spiro atoms. The van der Waals surface area contributed by atoms with Gasteiger partial charge in [-0.05, 0) is 38.5 Å². The van der Waals surface area contributed by atoms with Gasteiger partial charge in [0.2, 0.25) is 0 Å². The van der Waals surface area contributed by atoms with Gasteiger partial charge in [-0.3, -0.25) is 0 Å². The van der Waals surface area contributed by atoms with E-state index < -0.39 is 0 Å². The minimum absolute atomic E-state index is 0.440. The van der Waals surface area contributed by atoms with Crippen LogP contribution in [0.3, 0.4) is 0 Å². The molecule has 2 saturated heterocycles. The van der Waals surface area contributed by atoms with Gasteiger partial charge in [0.1, 0.15) is 0 Å². The van der Waals surface area contributed by atoms with Gasteiger partial charge < -0.3 is 14.8 Å². The summed E-state index contributed by atoms with van der Waals surface area (Å²) >= 11 is 0. The van der Waals surface area contributed by atoms with Crippen LogP contribution in [0.2, 0.25) is 0 Å². The second kappa shape index (κ2) is 5.99. The Hall–Kier alpha value is -0.120. The van der Waals surface area contributed by atoms with Crippen LogP contribution in [-0.4, -0.2) is 38.0 Å². The molecule has 0 saturated carbocycles. The molecule has 16 heavy (non-hydrogen) atoms. The number of hydrogen-bond acceptors (Lipinski definition) is 3. The van der Waals surface area contributed by atoms with E-state index in [1.807, 2.05) is 0 Å². The fourth-order valence-corrected chi connectivity index (χ4v) is 2.83. The maximum Gasteiger partial charge on any atom is 0.0728 e. The molecule has 0 aromatic heterocycles. The second-order valence-electron chi connectivity index (χ2n) is 5.15. The van der Waals surface area contributed by atoms with Crippen LogP contribution < -0.4 is 5.32 Å². The molecule has 0 aliphatic carbocycles. The summed E-state index contributed by atoms with van der Waals surface area (Å²) in [4.78, 5) is 0. The molecular formula is C13H25NO2. The Morgan fingerprint density at radius 2 is 2.19 bits per heavy atom. The van der Waals surface area contributed by atoms with Crippen molar-refractivity contribution < 1.29 is 9.47 Å². The summed E-state index contributed by atoms with van der Waals surface area (Å²) in [6, 6.07) is 1.08. The van der Waals surface area contributed by atoms with Crippen LogP contribution in [0.25, 0.3) is 0 Å². The summed E-state index contributed by atoms with van der Waals surface area (Å²) in [5.41, 5.74) is 0. The normalized spacial score (nSPS) is 34.1. The Labute approximate surface area is 98.9 Å². The van der Waals surface area contributed by atoms with Gasteiger partial charge >= 0.3 is 0 Å². The molecule has 2 aliphatic heterocycles. The summed E-state index contributed by atoms with van der Waals surface area (Å²) in [7, 11) is 0. The van der Waals surface area contributed by atoms with Crippen LogP contribution in [0.1, 0.15) is 39.5 Å². The second-order valence-corrected chi connectivity index (χ2v) is 5.15. The van der Waals surface area contributed by atoms with Crippen molar-refractivity contribution in [3.63, 3.8) is 0 Å². The van der Waals surface area contributed by atoms with E-state index in [4.69, 9.17) is 9.47 Å². The highest BCUT2D eigenvalue weighted by Crippen LogP contribution is 2.21. The zero-order chi connectivity index (χ0) is 11.4. The van der Waals surface area contributed by atoms with E-state index in [1.165, 1.54) is 19.3 Å². The Balaban J connectivity index is 1.80. The number of ether oxygens (including phenoxy) is 2. The topological polar surface area (TPSA) is 30.5 Å². The van der Waals surface area contributed by atoms with Crippen molar-refractivity contribution in [1.29, 1.82) is 0 Å². The fourth-order valence-electron chi connectivity index (χ4n) is 2.83. The lowest BCUT2D eigenvalue weighted by atomic mass is 9.97. The molecule has 0 bridgehead atoms. The number of hydrogen-bond donors (Lipinski definition) is 1. The van der Waals surface area contributed by atoms with Crippen molar-refractivity contribution in [2.24, 2.45) is 5.92 Å². The largest absolute Gasteiger partial charge is 0.381 e. The highest BCUT2D eigenvalue weighted by Gasteiger charge is 2.29. The molecule has 3 nitrogen and oxygen atoms in total. The van der Waals surface area contributed by atoms with Crippen molar-refractivity contribution in [3.05, 3.63) is 0 Å². The van der Waals surface area contributed by atoms with Gasteiger partial charge in [0.15, 0.2) is 0 Å². The first-order chi connectivity index (χ1) is 7.81. The minimum Gasteiger partial charge on any atom is -0.381 e. The number of rotatable bonds is 5. The van der Waals surface area contributed by atoms with Crippen LogP contribution in [0.15, 0.2) is 0 Å². The molecule has 0 aromatic carbocycles. The van der Waals surface area contributed by atoms with Gasteiger partial charge in [-0.25, -0.2) is 0 Å². The third kappa shape index (κ3) is 2.96. The lowest BCUT2D eigenvalue weighted by Gasteiger charge is -2.29. The van der Waals surface area contributed by atoms with Crippen molar-refractivity contribution in [2.75, 3.05) is 19.8 Å². The van der Waals surface area contributed by atoms with E-state index in [1.54, 1.807) is 0 Å². The lowest BCUT2D eigenvalue weighted by Crippen LogP contribution is -2.46. The zero-order valence-corrected chi connectivity index (χ0v) is 10.6. The number of nitrogens with one attached hydrogen (secondary N) is 1. The van der Waals surface area contributed by atoms with E-state index in [0.29, 0.717) is 24.1 Å². The average molecular weight is 227 g/mol. The van der Waals surface area contributed by atoms with E-state index in [2.05, 4.69) is 19.2 Å². The predicted molar refractivity (Wildman–Crippen MR) is 64.6 cm³/mol. The van der Waals surface area contributed by atoms with Gasteiger partial charge in [0.05, 0.1) is 12.7 Å². The molecule has 2 heterocycles. The molecule has 3 heteroatoms. The van der Waals surface area contributed by atoms with Crippen LogP contribution in [0.4, 0.5) is 0 Å². The summed E-state index contributed by atoms with van der Waals surface area (Å²) in [5, 5.41) is 3.75. The Kier molecular flexibility index (Phi) is 4.62. The summed E-state index contributed by atoms with van der Waals surface area (Å²) < 4.78 is 11.2. The third-order valence-corrected chi connectivity index (χ3v) is 4.00. The SMILES string of the molecule is CCC(NC(C)C1CCOC1)C1CCCO1. The maximum atomic E-state index is 5.78. The average Bonchev–Trinajstić information content (AvgIpc) is 2.96. The van der Waals surface area contributed by atoms with E-state index in [0.717, 1.165) is 26.2 Å². The summed E-state index contributed by atoms with van der Waals surface area (Å²) in [6.45, 7) is 7.35. The maximum absolute atomic E-state index is 5.78. The Morgan fingerprint density at radius 3 is 2.75 bits per heavy atom. The quantitative estimate of drug-likeness (QED) is 0.779. The van der Waals surface area contributed by atoms with E-state index in [9.17, 15) is 0 Å².